The van der Waals surface area contributed by atoms with Gasteiger partial charge in [0.2, 0.25) is 0 Å². The van der Waals surface area contributed by atoms with Crippen LogP contribution in [0.2, 0.25) is 0 Å². The van der Waals surface area contributed by atoms with Crippen LogP contribution in [0.15, 0.2) is 29.3 Å². The summed E-state index contributed by atoms with van der Waals surface area (Å²) in [4.78, 5) is 9.35. The number of aliphatic hydroxyl groups is 1. The number of ether oxygens (including phenoxy) is 2. The molecule has 7 nitrogen and oxygen atoms in total. The highest BCUT2D eigenvalue weighted by molar-refractivity contribution is 5.80. The Hall–Kier alpha value is -1.67. The number of benzene rings is 1. The van der Waals surface area contributed by atoms with E-state index in [0.29, 0.717) is 19.7 Å². The molecule has 3 heterocycles. The average molecular weight is 417 g/mol. The van der Waals surface area contributed by atoms with Crippen molar-refractivity contribution < 1.29 is 14.6 Å². The van der Waals surface area contributed by atoms with E-state index in [1.54, 1.807) is 0 Å². The quantitative estimate of drug-likeness (QED) is 0.537. The van der Waals surface area contributed by atoms with Gasteiger partial charge in [0.05, 0.1) is 25.4 Å². The SMILES string of the molecule is CCNC(=NCC(O)CN1CCc2ccccc2C1)N1CCOC(C2CCCO2)C1. The molecule has 3 aliphatic rings. The van der Waals surface area contributed by atoms with Crippen molar-refractivity contribution in [2.45, 2.75) is 51.0 Å². The van der Waals surface area contributed by atoms with Crippen molar-refractivity contribution in [1.82, 2.24) is 15.1 Å². The molecule has 0 aliphatic carbocycles. The highest BCUT2D eigenvalue weighted by atomic mass is 16.5. The number of fused-ring (bicyclic) bond motifs is 1. The summed E-state index contributed by atoms with van der Waals surface area (Å²) in [6.45, 7) is 8.96. The van der Waals surface area contributed by atoms with E-state index < -0.39 is 6.10 Å². The number of guanidine groups is 1. The first-order chi connectivity index (χ1) is 14.7. The molecule has 3 atom stereocenters. The largest absolute Gasteiger partial charge is 0.390 e. The van der Waals surface area contributed by atoms with Crippen LogP contribution < -0.4 is 5.32 Å². The zero-order chi connectivity index (χ0) is 20.8. The molecule has 3 aliphatic heterocycles. The molecular weight excluding hydrogens is 380 g/mol. The fourth-order valence-electron chi connectivity index (χ4n) is 4.67. The molecule has 0 spiro atoms. The molecule has 0 saturated carbocycles. The molecule has 0 radical (unpaired) electrons. The van der Waals surface area contributed by atoms with Crippen molar-refractivity contribution in [3.05, 3.63) is 35.4 Å². The Kier molecular flexibility index (Phi) is 7.60. The second-order valence-corrected chi connectivity index (χ2v) is 8.51. The number of morpholine rings is 1. The molecule has 1 aromatic rings. The van der Waals surface area contributed by atoms with Crippen molar-refractivity contribution in [3.63, 3.8) is 0 Å². The molecule has 3 unspecified atom stereocenters. The van der Waals surface area contributed by atoms with E-state index in [4.69, 9.17) is 14.5 Å². The Labute approximate surface area is 180 Å². The number of aliphatic hydroxyl groups excluding tert-OH is 1. The maximum Gasteiger partial charge on any atom is 0.194 e. The van der Waals surface area contributed by atoms with Crippen LogP contribution in [0.25, 0.3) is 0 Å². The third kappa shape index (κ3) is 5.52. The molecule has 166 valence electrons. The summed E-state index contributed by atoms with van der Waals surface area (Å²) in [6, 6.07) is 8.60. The number of aliphatic imine (C=N–C) groups is 1. The minimum absolute atomic E-state index is 0.100. The second-order valence-electron chi connectivity index (χ2n) is 8.51. The fourth-order valence-corrected chi connectivity index (χ4v) is 4.67. The summed E-state index contributed by atoms with van der Waals surface area (Å²) in [6.07, 6.45) is 3.06. The minimum atomic E-state index is -0.473. The van der Waals surface area contributed by atoms with Gasteiger partial charge in [-0.2, -0.15) is 0 Å². The third-order valence-corrected chi connectivity index (χ3v) is 6.24. The van der Waals surface area contributed by atoms with E-state index >= 15 is 0 Å². The van der Waals surface area contributed by atoms with Crippen LogP contribution >= 0.6 is 0 Å². The van der Waals surface area contributed by atoms with Crippen LogP contribution in [0, 0.1) is 0 Å². The Morgan fingerprint density at radius 3 is 2.83 bits per heavy atom. The normalized spacial score (nSPS) is 26.5. The van der Waals surface area contributed by atoms with Gasteiger partial charge in [0, 0.05) is 45.9 Å². The predicted octanol–water partition coefficient (Wildman–Crippen LogP) is 1.25. The van der Waals surface area contributed by atoms with Crippen molar-refractivity contribution >= 4 is 5.96 Å². The third-order valence-electron chi connectivity index (χ3n) is 6.24. The summed E-state index contributed by atoms with van der Waals surface area (Å²) < 4.78 is 11.8. The molecule has 0 aromatic heterocycles. The Morgan fingerprint density at radius 2 is 2.03 bits per heavy atom. The van der Waals surface area contributed by atoms with E-state index in [-0.39, 0.29) is 12.2 Å². The topological polar surface area (TPSA) is 69.6 Å². The Balaban J connectivity index is 1.31. The van der Waals surface area contributed by atoms with Gasteiger partial charge in [-0.15, -0.1) is 0 Å². The van der Waals surface area contributed by atoms with Crippen LogP contribution in [0.5, 0.6) is 0 Å². The summed E-state index contributed by atoms with van der Waals surface area (Å²) in [5, 5.41) is 14.0. The van der Waals surface area contributed by atoms with Crippen LogP contribution in [0.1, 0.15) is 30.9 Å². The number of nitrogens with zero attached hydrogens (tertiary/aromatic N) is 3. The summed E-state index contributed by atoms with van der Waals surface area (Å²) >= 11 is 0. The molecule has 4 rings (SSSR count). The van der Waals surface area contributed by atoms with Crippen LogP contribution in [-0.4, -0.2) is 91.7 Å². The van der Waals surface area contributed by atoms with E-state index in [0.717, 1.165) is 64.6 Å². The monoisotopic (exact) mass is 416 g/mol. The number of rotatable bonds is 6. The van der Waals surface area contributed by atoms with Gasteiger partial charge in [-0.25, -0.2) is 0 Å². The van der Waals surface area contributed by atoms with E-state index in [1.807, 2.05) is 0 Å². The van der Waals surface area contributed by atoms with Crippen molar-refractivity contribution in [1.29, 1.82) is 0 Å². The van der Waals surface area contributed by atoms with Crippen LogP contribution in [-0.2, 0) is 22.4 Å². The highest BCUT2D eigenvalue weighted by Crippen LogP contribution is 2.21. The predicted molar refractivity (Wildman–Crippen MR) is 118 cm³/mol. The van der Waals surface area contributed by atoms with Crippen molar-refractivity contribution in [2.75, 3.05) is 52.5 Å². The Morgan fingerprint density at radius 1 is 1.20 bits per heavy atom. The first-order valence-corrected chi connectivity index (χ1v) is 11.5. The lowest BCUT2D eigenvalue weighted by Gasteiger charge is -2.37. The Bertz CT molecular complexity index is 707. The highest BCUT2D eigenvalue weighted by Gasteiger charge is 2.32. The smallest absolute Gasteiger partial charge is 0.194 e. The number of hydrogen-bond acceptors (Lipinski definition) is 5. The van der Waals surface area contributed by atoms with Gasteiger partial charge < -0.3 is 24.8 Å². The van der Waals surface area contributed by atoms with Crippen molar-refractivity contribution in [3.8, 4) is 0 Å². The molecule has 2 fully saturated rings. The van der Waals surface area contributed by atoms with Gasteiger partial charge in [-0.05, 0) is 37.3 Å². The number of β-amino-alcohol motifs (C(OH)–C–C–N with tert-alkyl or cyclic N) is 1. The second kappa shape index (κ2) is 10.6. The zero-order valence-corrected chi connectivity index (χ0v) is 18.1. The average Bonchev–Trinajstić information content (AvgIpc) is 3.32. The molecule has 7 heteroatoms. The zero-order valence-electron chi connectivity index (χ0n) is 18.1. The van der Waals surface area contributed by atoms with Crippen LogP contribution in [0.3, 0.4) is 0 Å². The molecule has 2 N–H and O–H groups in total. The van der Waals surface area contributed by atoms with Crippen LogP contribution in [0.4, 0.5) is 0 Å². The molecular formula is C23H36N4O3. The van der Waals surface area contributed by atoms with Gasteiger partial charge in [0.1, 0.15) is 6.10 Å². The van der Waals surface area contributed by atoms with Gasteiger partial charge in [0.25, 0.3) is 0 Å². The van der Waals surface area contributed by atoms with Gasteiger partial charge in [-0.3, -0.25) is 9.89 Å². The number of nitrogens with one attached hydrogen (secondary N) is 1. The summed E-state index contributed by atoms with van der Waals surface area (Å²) in [5.41, 5.74) is 2.81. The van der Waals surface area contributed by atoms with E-state index in [2.05, 4.69) is 46.3 Å². The standard InChI is InChI=1S/C23H36N4O3/c1-2-24-23(27-11-13-30-22(17-27)21-8-5-12-29-21)25-14-20(28)16-26-10-9-18-6-3-4-7-19(18)15-26/h3-4,6-7,20-22,28H,2,5,8-17H2,1H3,(H,24,25). The summed E-state index contributed by atoms with van der Waals surface area (Å²) in [7, 11) is 0. The molecule has 2 saturated heterocycles. The van der Waals surface area contributed by atoms with Crippen molar-refractivity contribution in [2.24, 2.45) is 4.99 Å². The maximum atomic E-state index is 10.6. The lowest BCUT2D eigenvalue weighted by atomic mass is 10.00. The lowest BCUT2D eigenvalue weighted by Crippen LogP contribution is -2.53. The molecule has 30 heavy (non-hydrogen) atoms. The fraction of sp³-hybridized carbons (Fsp3) is 0.696. The van der Waals surface area contributed by atoms with Gasteiger partial charge in [0.15, 0.2) is 5.96 Å². The summed E-state index contributed by atoms with van der Waals surface area (Å²) in [5.74, 6) is 0.867. The molecule has 0 bridgehead atoms. The lowest BCUT2D eigenvalue weighted by molar-refractivity contribution is -0.0817. The van der Waals surface area contributed by atoms with Gasteiger partial charge >= 0.3 is 0 Å². The first-order valence-electron chi connectivity index (χ1n) is 11.5. The molecule has 1 aromatic carbocycles. The minimum Gasteiger partial charge on any atom is -0.390 e. The molecule has 0 amide bonds. The van der Waals surface area contributed by atoms with E-state index in [1.165, 1.54) is 11.1 Å². The van der Waals surface area contributed by atoms with E-state index in [9.17, 15) is 5.11 Å². The van der Waals surface area contributed by atoms with Gasteiger partial charge in [-0.1, -0.05) is 24.3 Å². The number of hydrogen-bond donors (Lipinski definition) is 2. The maximum absolute atomic E-state index is 10.6. The first kappa shape index (κ1) is 21.6.